The van der Waals surface area contributed by atoms with E-state index in [0.29, 0.717) is 12.2 Å². The van der Waals surface area contributed by atoms with E-state index in [1.807, 2.05) is 23.2 Å². The van der Waals surface area contributed by atoms with Gasteiger partial charge in [0.05, 0.1) is 13.2 Å². The van der Waals surface area contributed by atoms with E-state index in [1.165, 1.54) is 0 Å². The number of nitrogens with one attached hydrogen (secondary N) is 3. The van der Waals surface area contributed by atoms with E-state index in [4.69, 9.17) is 4.74 Å². The molecule has 1 aromatic carbocycles. The molecule has 1 aliphatic carbocycles. The summed E-state index contributed by atoms with van der Waals surface area (Å²) < 4.78 is 5.22. The molecular weight excluding hydrogens is 314 g/mol. The fourth-order valence-electron chi connectivity index (χ4n) is 2.93. The van der Waals surface area contributed by atoms with Crippen LogP contribution in [0, 0.1) is 0 Å². The molecule has 4 N–H and O–H groups in total. The third-order valence-electron chi connectivity index (χ3n) is 4.12. The fourth-order valence-corrected chi connectivity index (χ4v) is 2.93. The summed E-state index contributed by atoms with van der Waals surface area (Å²) in [6, 6.07) is 5.39. The molecule has 0 bridgehead atoms. The summed E-state index contributed by atoms with van der Waals surface area (Å²) in [7, 11) is 1.57. The highest BCUT2D eigenvalue weighted by Crippen LogP contribution is 2.32. The number of carbonyl (C=O) groups excluding carboxylic acids is 1. The minimum atomic E-state index is -1.00. The second-order valence-electron chi connectivity index (χ2n) is 5.61. The van der Waals surface area contributed by atoms with Gasteiger partial charge in [-0.2, -0.15) is 0 Å². The Kier molecular flexibility index (Phi) is 4.11. The van der Waals surface area contributed by atoms with Crippen LogP contribution in [-0.2, 0) is 6.42 Å². The molecule has 1 amide bonds. The SMILES string of the molecule is COc1ccc2c(c1)[C@H](NC(=O)c1[nH]c(=O)[nH]c(=O)c1O)CCC2. The Morgan fingerprint density at radius 2 is 2.12 bits per heavy atom. The van der Waals surface area contributed by atoms with Crippen LogP contribution in [0.2, 0.25) is 0 Å². The Hall–Kier alpha value is -3.03. The maximum Gasteiger partial charge on any atom is 0.326 e. The summed E-state index contributed by atoms with van der Waals surface area (Å²) in [4.78, 5) is 39.1. The van der Waals surface area contributed by atoms with Crippen molar-refractivity contribution in [3.8, 4) is 11.5 Å². The van der Waals surface area contributed by atoms with Crippen LogP contribution < -0.4 is 21.3 Å². The van der Waals surface area contributed by atoms with E-state index >= 15 is 0 Å². The molecule has 1 heterocycles. The highest BCUT2D eigenvalue weighted by Gasteiger charge is 2.25. The van der Waals surface area contributed by atoms with Crippen molar-refractivity contribution in [2.45, 2.75) is 25.3 Å². The number of aromatic nitrogens is 2. The number of hydrogen-bond donors (Lipinski definition) is 4. The first kappa shape index (κ1) is 15.9. The number of fused-ring (bicyclic) bond motifs is 1. The molecule has 0 fully saturated rings. The highest BCUT2D eigenvalue weighted by molar-refractivity contribution is 5.94. The molecule has 0 saturated carbocycles. The van der Waals surface area contributed by atoms with E-state index in [9.17, 15) is 19.5 Å². The van der Waals surface area contributed by atoms with E-state index < -0.39 is 28.6 Å². The van der Waals surface area contributed by atoms with Gasteiger partial charge in [0, 0.05) is 0 Å². The number of aryl methyl sites for hydroxylation is 1. The lowest BCUT2D eigenvalue weighted by atomic mass is 9.87. The third kappa shape index (κ3) is 2.90. The van der Waals surface area contributed by atoms with Crippen molar-refractivity contribution in [1.29, 1.82) is 0 Å². The number of H-pyrrole nitrogens is 2. The number of benzene rings is 1. The number of amides is 1. The first-order chi connectivity index (χ1) is 11.5. The van der Waals surface area contributed by atoms with Crippen molar-refractivity contribution in [3.63, 3.8) is 0 Å². The van der Waals surface area contributed by atoms with Gasteiger partial charge < -0.3 is 15.2 Å². The van der Waals surface area contributed by atoms with Gasteiger partial charge in [-0.15, -0.1) is 0 Å². The summed E-state index contributed by atoms with van der Waals surface area (Å²) >= 11 is 0. The zero-order valence-corrected chi connectivity index (χ0v) is 13.0. The second kappa shape index (κ2) is 6.23. The van der Waals surface area contributed by atoms with E-state index in [0.717, 1.165) is 24.0 Å². The molecule has 0 saturated heterocycles. The predicted molar refractivity (Wildman–Crippen MR) is 85.5 cm³/mol. The number of carbonyl (C=O) groups is 1. The molecule has 8 heteroatoms. The van der Waals surface area contributed by atoms with Gasteiger partial charge in [0.25, 0.3) is 11.5 Å². The van der Waals surface area contributed by atoms with Crippen molar-refractivity contribution in [3.05, 3.63) is 55.9 Å². The van der Waals surface area contributed by atoms with E-state index in [2.05, 4.69) is 10.3 Å². The summed E-state index contributed by atoms with van der Waals surface area (Å²) in [5.41, 5.74) is -0.265. The van der Waals surface area contributed by atoms with Crippen molar-refractivity contribution in [2.24, 2.45) is 0 Å². The zero-order chi connectivity index (χ0) is 17.3. The number of rotatable bonds is 3. The van der Waals surface area contributed by atoms with Crippen LogP contribution in [0.4, 0.5) is 0 Å². The first-order valence-corrected chi connectivity index (χ1v) is 7.53. The molecule has 2 aromatic rings. The average Bonchev–Trinajstić information content (AvgIpc) is 2.57. The van der Waals surface area contributed by atoms with Crippen LogP contribution in [-0.4, -0.2) is 28.1 Å². The fraction of sp³-hybridized carbons (Fsp3) is 0.312. The standard InChI is InChI=1S/C16H17N3O5/c1-24-9-6-5-8-3-2-4-11(10(8)7-9)17-14(21)12-13(20)15(22)19-16(23)18-12/h5-7,11,20H,2-4H2,1H3,(H,17,21)(H2,18,19,22,23)/t11-/m1/s1. The number of aromatic hydroxyl groups is 1. The maximum absolute atomic E-state index is 12.4. The topological polar surface area (TPSA) is 124 Å². The molecule has 1 aliphatic rings. The van der Waals surface area contributed by atoms with Gasteiger partial charge in [-0.05, 0) is 42.5 Å². The van der Waals surface area contributed by atoms with Crippen LogP contribution in [0.3, 0.4) is 0 Å². The van der Waals surface area contributed by atoms with Crippen LogP contribution in [0.1, 0.15) is 40.5 Å². The molecule has 0 radical (unpaired) electrons. The van der Waals surface area contributed by atoms with Crippen molar-refractivity contribution in [1.82, 2.24) is 15.3 Å². The molecule has 1 aromatic heterocycles. The van der Waals surface area contributed by atoms with Gasteiger partial charge >= 0.3 is 5.69 Å². The number of aromatic amines is 2. The smallest absolute Gasteiger partial charge is 0.326 e. The lowest BCUT2D eigenvalue weighted by Crippen LogP contribution is -2.35. The molecule has 0 aliphatic heterocycles. The molecular formula is C16H17N3O5. The van der Waals surface area contributed by atoms with Gasteiger partial charge in [-0.1, -0.05) is 6.07 Å². The van der Waals surface area contributed by atoms with Crippen LogP contribution >= 0.6 is 0 Å². The van der Waals surface area contributed by atoms with Crippen LogP contribution in [0.5, 0.6) is 11.5 Å². The Balaban J connectivity index is 1.92. The summed E-state index contributed by atoms with van der Waals surface area (Å²) in [5, 5.41) is 12.5. The minimum absolute atomic E-state index is 0.293. The lowest BCUT2D eigenvalue weighted by Gasteiger charge is -2.26. The molecule has 1 atom stereocenters. The zero-order valence-electron chi connectivity index (χ0n) is 13.0. The predicted octanol–water partition coefficient (Wildman–Crippen LogP) is 0.585. The third-order valence-corrected chi connectivity index (χ3v) is 4.12. The largest absolute Gasteiger partial charge is 0.501 e. The summed E-state index contributed by atoms with van der Waals surface area (Å²) in [6.45, 7) is 0. The molecule has 0 unspecified atom stereocenters. The quantitative estimate of drug-likeness (QED) is 0.655. The van der Waals surface area contributed by atoms with Gasteiger partial charge in [-0.3, -0.25) is 19.6 Å². The first-order valence-electron chi connectivity index (χ1n) is 7.53. The van der Waals surface area contributed by atoms with Crippen LogP contribution in [0.25, 0.3) is 0 Å². The summed E-state index contributed by atoms with van der Waals surface area (Å²) in [5.74, 6) is -0.840. The number of hydrogen-bond acceptors (Lipinski definition) is 5. The Labute approximate surface area is 136 Å². The monoisotopic (exact) mass is 331 g/mol. The minimum Gasteiger partial charge on any atom is -0.501 e. The van der Waals surface area contributed by atoms with Gasteiger partial charge in [0.1, 0.15) is 5.75 Å². The molecule has 126 valence electrons. The summed E-state index contributed by atoms with van der Waals surface area (Å²) in [6.07, 6.45) is 2.50. The Morgan fingerprint density at radius 3 is 2.88 bits per heavy atom. The average molecular weight is 331 g/mol. The van der Waals surface area contributed by atoms with E-state index in [1.54, 1.807) is 7.11 Å². The number of methoxy groups -OCH3 is 1. The Bertz CT molecular complexity index is 899. The highest BCUT2D eigenvalue weighted by atomic mass is 16.5. The second-order valence-corrected chi connectivity index (χ2v) is 5.61. The van der Waals surface area contributed by atoms with Gasteiger partial charge in [0.2, 0.25) is 5.75 Å². The maximum atomic E-state index is 12.4. The van der Waals surface area contributed by atoms with Gasteiger partial charge in [0.15, 0.2) is 5.69 Å². The molecule has 0 spiro atoms. The van der Waals surface area contributed by atoms with Crippen molar-refractivity contribution < 1.29 is 14.6 Å². The molecule has 8 nitrogen and oxygen atoms in total. The molecule has 3 rings (SSSR count). The molecule has 24 heavy (non-hydrogen) atoms. The number of ether oxygens (including phenoxy) is 1. The lowest BCUT2D eigenvalue weighted by molar-refractivity contribution is 0.0923. The van der Waals surface area contributed by atoms with Crippen molar-refractivity contribution >= 4 is 5.91 Å². The van der Waals surface area contributed by atoms with Crippen LogP contribution in [0.15, 0.2) is 27.8 Å². The van der Waals surface area contributed by atoms with Gasteiger partial charge in [-0.25, -0.2) is 4.79 Å². The van der Waals surface area contributed by atoms with E-state index in [-0.39, 0.29) is 6.04 Å². The Morgan fingerprint density at radius 1 is 1.33 bits per heavy atom. The van der Waals surface area contributed by atoms with Crippen molar-refractivity contribution in [2.75, 3.05) is 7.11 Å². The normalized spacial score (nSPS) is 16.3.